The number of halogens is 1. The number of hydrogen-bond donors (Lipinski definition) is 1. The third-order valence-corrected chi connectivity index (χ3v) is 4.59. The van der Waals surface area contributed by atoms with Gasteiger partial charge < -0.3 is 14.8 Å². The molecule has 1 N–H and O–H groups in total. The molecule has 22 heavy (non-hydrogen) atoms. The quantitative estimate of drug-likeness (QED) is 0.925. The summed E-state index contributed by atoms with van der Waals surface area (Å²) in [5.41, 5.74) is 0.933. The number of carbonyl (C=O) groups excluding carboxylic acids is 1. The monoisotopic (exact) mass is 324 g/mol. The van der Waals surface area contributed by atoms with E-state index in [0.29, 0.717) is 23.1 Å². The summed E-state index contributed by atoms with van der Waals surface area (Å²) in [4.78, 5) is 14.4. The maximum absolute atomic E-state index is 12.2. The molecule has 0 aromatic heterocycles. The summed E-state index contributed by atoms with van der Waals surface area (Å²) < 4.78 is 10.9. The van der Waals surface area contributed by atoms with E-state index in [1.807, 2.05) is 19.1 Å². The van der Waals surface area contributed by atoms with E-state index in [0.717, 1.165) is 31.4 Å². The van der Waals surface area contributed by atoms with Gasteiger partial charge >= 0.3 is 0 Å². The number of benzene rings is 1. The van der Waals surface area contributed by atoms with Gasteiger partial charge in [0.1, 0.15) is 6.17 Å². The number of piperidine rings is 1. The maximum Gasteiger partial charge on any atom is 0.238 e. The van der Waals surface area contributed by atoms with Crippen LogP contribution in [0.25, 0.3) is 0 Å². The van der Waals surface area contributed by atoms with Crippen LogP contribution in [0.2, 0.25) is 5.02 Å². The van der Waals surface area contributed by atoms with E-state index in [1.165, 1.54) is 0 Å². The fraction of sp³-hybridized carbons (Fsp3) is 0.562. The minimum Gasteiger partial charge on any atom is -0.493 e. The van der Waals surface area contributed by atoms with E-state index in [-0.39, 0.29) is 18.1 Å². The van der Waals surface area contributed by atoms with Gasteiger partial charge in [0.2, 0.25) is 5.91 Å². The van der Waals surface area contributed by atoms with Crippen molar-refractivity contribution < 1.29 is 14.3 Å². The maximum atomic E-state index is 12.2. The first-order chi connectivity index (χ1) is 10.7. The Morgan fingerprint density at radius 2 is 2.23 bits per heavy atom. The second-order valence-corrected chi connectivity index (χ2v) is 6.03. The molecule has 0 bridgehead atoms. The van der Waals surface area contributed by atoms with Gasteiger partial charge in [-0.1, -0.05) is 18.0 Å². The van der Waals surface area contributed by atoms with Gasteiger partial charge in [-0.05, 0) is 37.5 Å². The van der Waals surface area contributed by atoms with Crippen molar-refractivity contribution in [2.75, 3.05) is 20.3 Å². The topological polar surface area (TPSA) is 50.8 Å². The third kappa shape index (κ3) is 2.63. The molecule has 1 aromatic rings. The molecule has 3 rings (SSSR count). The van der Waals surface area contributed by atoms with Gasteiger partial charge in [0.05, 0.1) is 24.8 Å². The molecule has 0 spiro atoms. The van der Waals surface area contributed by atoms with Gasteiger partial charge in [-0.3, -0.25) is 9.69 Å². The van der Waals surface area contributed by atoms with E-state index >= 15 is 0 Å². The van der Waals surface area contributed by atoms with Crippen molar-refractivity contribution >= 4 is 17.5 Å². The fourth-order valence-corrected chi connectivity index (χ4v) is 3.59. The van der Waals surface area contributed by atoms with Crippen molar-refractivity contribution in [2.45, 2.75) is 38.4 Å². The molecule has 0 saturated carbocycles. The van der Waals surface area contributed by atoms with Crippen molar-refractivity contribution in [1.29, 1.82) is 0 Å². The Bertz CT molecular complexity index is 579. The number of rotatable bonds is 4. The molecule has 2 aliphatic rings. The number of ether oxygens (including phenoxy) is 2. The molecule has 120 valence electrons. The van der Waals surface area contributed by atoms with Crippen LogP contribution in [0.15, 0.2) is 12.1 Å². The Labute approximate surface area is 135 Å². The predicted octanol–water partition coefficient (Wildman–Crippen LogP) is 2.73. The van der Waals surface area contributed by atoms with Crippen LogP contribution in [0.1, 0.15) is 37.9 Å². The van der Waals surface area contributed by atoms with Gasteiger partial charge in [0, 0.05) is 6.54 Å². The SMILES string of the molecule is CCOc1c(Cl)cc(C2NC(=O)C3CCCCN32)cc1OC. The average molecular weight is 325 g/mol. The van der Waals surface area contributed by atoms with Crippen molar-refractivity contribution in [2.24, 2.45) is 0 Å². The van der Waals surface area contributed by atoms with E-state index in [4.69, 9.17) is 21.1 Å². The molecule has 6 heteroatoms. The third-order valence-electron chi connectivity index (χ3n) is 4.31. The average Bonchev–Trinajstić information content (AvgIpc) is 2.87. The highest BCUT2D eigenvalue weighted by atomic mass is 35.5. The Balaban J connectivity index is 1.94. The van der Waals surface area contributed by atoms with Gasteiger partial charge in [-0.2, -0.15) is 0 Å². The minimum atomic E-state index is -0.139. The molecule has 0 aliphatic carbocycles. The Morgan fingerprint density at radius 3 is 2.95 bits per heavy atom. The summed E-state index contributed by atoms with van der Waals surface area (Å²) in [6.45, 7) is 3.34. The number of hydrogen-bond acceptors (Lipinski definition) is 4. The molecular formula is C16H21ClN2O3. The standard InChI is InChI=1S/C16H21ClN2O3/c1-3-22-14-11(17)8-10(9-13(14)21-2)15-18-16(20)12-6-4-5-7-19(12)15/h8-9,12,15H,3-7H2,1-2H3,(H,18,20). The van der Waals surface area contributed by atoms with Crippen LogP contribution in [0.5, 0.6) is 11.5 Å². The van der Waals surface area contributed by atoms with Crippen LogP contribution in [0.4, 0.5) is 0 Å². The first-order valence-electron chi connectivity index (χ1n) is 7.72. The lowest BCUT2D eigenvalue weighted by molar-refractivity contribution is -0.122. The first kappa shape index (κ1) is 15.4. The van der Waals surface area contributed by atoms with Crippen LogP contribution in [0.3, 0.4) is 0 Å². The van der Waals surface area contributed by atoms with Crippen LogP contribution < -0.4 is 14.8 Å². The van der Waals surface area contributed by atoms with E-state index < -0.39 is 0 Å². The molecule has 1 amide bonds. The van der Waals surface area contributed by atoms with E-state index in [1.54, 1.807) is 7.11 Å². The molecule has 2 unspecified atom stereocenters. The zero-order valence-electron chi connectivity index (χ0n) is 12.9. The van der Waals surface area contributed by atoms with Crippen molar-refractivity contribution in [1.82, 2.24) is 10.2 Å². The van der Waals surface area contributed by atoms with Crippen molar-refractivity contribution in [3.05, 3.63) is 22.7 Å². The highest BCUT2D eigenvalue weighted by molar-refractivity contribution is 6.32. The molecule has 5 nitrogen and oxygen atoms in total. The molecule has 2 saturated heterocycles. The smallest absolute Gasteiger partial charge is 0.238 e. The number of carbonyl (C=O) groups is 1. The number of methoxy groups -OCH3 is 1. The first-order valence-corrected chi connectivity index (χ1v) is 8.09. The van der Waals surface area contributed by atoms with Gasteiger partial charge in [0.25, 0.3) is 0 Å². The zero-order chi connectivity index (χ0) is 15.7. The zero-order valence-corrected chi connectivity index (χ0v) is 13.7. The highest BCUT2D eigenvalue weighted by Crippen LogP contribution is 2.40. The lowest BCUT2D eigenvalue weighted by Gasteiger charge is -2.31. The van der Waals surface area contributed by atoms with Crippen LogP contribution >= 0.6 is 11.6 Å². The van der Waals surface area contributed by atoms with Gasteiger partial charge in [-0.15, -0.1) is 0 Å². The van der Waals surface area contributed by atoms with Crippen LogP contribution in [-0.4, -0.2) is 37.1 Å². The van der Waals surface area contributed by atoms with Gasteiger partial charge in [0.15, 0.2) is 11.5 Å². The van der Waals surface area contributed by atoms with E-state index in [2.05, 4.69) is 10.2 Å². The second kappa shape index (κ2) is 6.34. The number of amides is 1. The molecule has 2 atom stereocenters. The number of fused-ring (bicyclic) bond motifs is 1. The summed E-state index contributed by atoms with van der Waals surface area (Å²) in [6, 6.07) is 3.74. The normalized spacial score (nSPS) is 24.8. The second-order valence-electron chi connectivity index (χ2n) is 5.63. The van der Waals surface area contributed by atoms with Gasteiger partial charge in [-0.25, -0.2) is 0 Å². The summed E-state index contributed by atoms with van der Waals surface area (Å²) in [7, 11) is 1.59. The Hall–Kier alpha value is -1.46. The van der Waals surface area contributed by atoms with Crippen LogP contribution in [-0.2, 0) is 4.79 Å². The summed E-state index contributed by atoms with van der Waals surface area (Å²) >= 11 is 6.35. The van der Waals surface area contributed by atoms with Crippen LogP contribution in [0, 0.1) is 0 Å². The fourth-order valence-electron chi connectivity index (χ4n) is 3.32. The van der Waals surface area contributed by atoms with Crippen molar-refractivity contribution in [3.63, 3.8) is 0 Å². The molecule has 2 heterocycles. The molecular weight excluding hydrogens is 304 g/mol. The Kier molecular flexibility index (Phi) is 4.45. The lowest BCUT2D eigenvalue weighted by atomic mass is 10.0. The Morgan fingerprint density at radius 1 is 1.41 bits per heavy atom. The lowest BCUT2D eigenvalue weighted by Crippen LogP contribution is -2.38. The summed E-state index contributed by atoms with van der Waals surface area (Å²) in [6.07, 6.45) is 3.00. The van der Waals surface area contributed by atoms with E-state index in [9.17, 15) is 4.79 Å². The molecule has 2 aliphatic heterocycles. The molecule has 0 radical (unpaired) electrons. The number of nitrogens with one attached hydrogen (secondary N) is 1. The largest absolute Gasteiger partial charge is 0.493 e. The summed E-state index contributed by atoms with van der Waals surface area (Å²) in [5.74, 6) is 1.25. The predicted molar refractivity (Wildman–Crippen MR) is 84.4 cm³/mol. The highest BCUT2D eigenvalue weighted by Gasteiger charge is 2.41. The van der Waals surface area contributed by atoms with Crippen molar-refractivity contribution in [3.8, 4) is 11.5 Å². The molecule has 1 aromatic carbocycles. The molecule has 2 fully saturated rings. The minimum absolute atomic E-state index is 0.0184. The number of nitrogens with zero attached hydrogens (tertiary/aromatic N) is 1. The summed E-state index contributed by atoms with van der Waals surface area (Å²) in [5, 5.41) is 3.58.